The molecule has 18 heavy (non-hydrogen) atoms. The number of imidazole rings is 1. The molecule has 1 aliphatic rings. The van der Waals surface area contributed by atoms with Gasteiger partial charge in [-0.25, -0.2) is 4.98 Å². The summed E-state index contributed by atoms with van der Waals surface area (Å²) >= 11 is 0. The zero-order valence-electron chi connectivity index (χ0n) is 9.50. The summed E-state index contributed by atoms with van der Waals surface area (Å²) in [5, 5.41) is 0. The first-order valence-electron chi connectivity index (χ1n) is 5.33. The third kappa shape index (κ3) is 1.93. The average Bonchev–Trinajstić information content (AvgIpc) is 2.71. The van der Waals surface area contributed by atoms with Crippen molar-refractivity contribution < 1.29 is 9.53 Å². The van der Waals surface area contributed by atoms with Gasteiger partial charge in [-0.1, -0.05) is 0 Å². The highest BCUT2D eigenvalue weighted by Gasteiger charge is 2.16. The molecule has 6 heteroatoms. The Morgan fingerprint density at radius 3 is 3.06 bits per heavy atom. The van der Waals surface area contributed by atoms with E-state index < -0.39 is 5.91 Å². The fourth-order valence-corrected chi connectivity index (χ4v) is 1.99. The van der Waals surface area contributed by atoms with Crippen molar-refractivity contribution in [3.63, 3.8) is 0 Å². The third-order valence-electron chi connectivity index (χ3n) is 2.84. The Bertz CT molecular complexity index is 595. The molecule has 1 aromatic heterocycles. The van der Waals surface area contributed by atoms with Crippen LogP contribution in [0.3, 0.4) is 0 Å². The third-order valence-corrected chi connectivity index (χ3v) is 2.84. The number of amides is 1. The number of rotatable bonds is 1. The van der Waals surface area contributed by atoms with Crippen molar-refractivity contribution in [1.29, 1.82) is 0 Å². The first kappa shape index (κ1) is 12.4. The smallest absolute Gasteiger partial charge is 0.248 e. The number of fused-ring (bicyclic) bond motifs is 3. The summed E-state index contributed by atoms with van der Waals surface area (Å²) in [6.07, 6.45) is 3.52. The fourth-order valence-electron chi connectivity index (χ4n) is 1.99. The van der Waals surface area contributed by atoms with Gasteiger partial charge in [-0.15, -0.1) is 12.4 Å². The Morgan fingerprint density at radius 2 is 2.28 bits per heavy atom. The first-order chi connectivity index (χ1) is 8.25. The lowest BCUT2D eigenvalue weighted by molar-refractivity contribution is 0.100. The Balaban J connectivity index is 0.00000120. The van der Waals surface area contributed by atoms with Gasteiger partial charge in [-0.2, -0.15) is 0 Å². The molecule has 0 fully saturated rings. The van der Waals surface area contributed by atoms with E-state index in [1.165, 1.54) is 0 Å². The van der Waals surface area contributed by atoms with Crippen LogP contribution < -0.4 is 10.5 Å². The second kappa shape index (κ2) is 4.70. The number of nitrogens with zero attached hydrogens (tertiary/aromatic N) is 2. The molecule has 5 nitrogen and oxygen atoms in total. The van der Waals surface area contributed by atoms with Crippen LogP contribution in [0.5, 0.6) is 5.75 Å². The summed E-state index contributed by atoms with van der Waals surface area (Å²) < 4.78 is 7.62. The molecule has 0 unspecified atom stereocenters. The molecule has 3 rings (SSSR count). The zero-order chi connectivity index (χ0) is 11.8. The summed E-state index contributed by atoms with van der Waals surface area (Å²) in [6.45, 7) is 1.34. The van der Waals surface area contributed by atoms with Crippen molar-refractivity contribution in [2.45, 2.75) is 6.54 Å². The molecule has 0 bridgehead atoms. The van der Waals surface area contributed by atoms with Gasteiger partial charge < -0.3 is 15.0 Å². The molecule has 2 aromatic rings. The number of primary amides is 1. The van der Waals surface area contributed by atoms with Crippen LogP contribution in [0.4, 0.5) is 0 Å². The molecule has 2 heterocycles. The van der Waals surface area contributed by atoms with E-state index in [-0.39, 0.29) is 12.4 Å². The van der Waals surface area contributed by atoms with Crippen LogP contribution in [0.1, 0.15) is 10.4 Å². The standard InChI is InChI=1S/C12H11N3O2.ClH/c13-12(16)8-1-2-11-9(5-8)10-6-14-7-15(10)3-4-17-11;/h1-2,5-7H,3-4H2,(H2,13,16);1H. The van der Waals surface area contributed by atoms with E-state index in [0.717, 1.165) is 23.6 Å². The van der Waals surface area contributed by atoms with Crippen molar-refractivity contribution in [3.05, 3.63) is 36.3 Å². The van der Waals surface area contributed by atoms with Gasteiger partial charge in [0.1, 0.15) is 12.4 Å². The first-order valence-corrected chi connectivity index (χ1v) is 5.33. The van der Waals surface area contributed by atoms with Crippen LogP contribution in [0.2, 0.25) is 0 Å². The molecule has 1 amide bonds. The van der Waals surface area contributed by atoms with E-state index in [9.17, 15) is 4.79 Å². The van der Waals surface area contributed by atoms with Gasteiger partial charge in [-0.3, -0.25) is 4.79 Å². The summed E-state index contributed by atoms with van der Waals surface area (Å²) in [6, 6.07) is 5.20. The lowest BCUT2D eigenvalue weighted by Gasteiger charge is -2.07. The number of carbonyl (C=O) groups is 1. The van der Waals surface area contributed by atoms with Gasteiger partial charge in [0.05, 0.1) is 24.8 Å². The quantitative estimate of drug-likeness (QED) is 0.849. The molecule has 0 saturated carbocycles. The van der Waals surface area contributed by atoms with Crippen molar-refractivity contribution >= 4 is 18.3 Å². The normalized spacial score (nSPS) is 12.4. The van der Waals surface area contributed by atoms with E-state index in [1.807, 2.05) is 4.57 Å². The summed E-state index contributed by atoms with van der Waals surface area (Å²) in [4.78, 5) is 15.3. The van der Waals surface area contributed by atoms with Crippen LogP contribution in [-0.2, 0) is 6.54 Å². The molecule has 0 atom stereocenters. The van der Waals surface area contributed by atoms with Crippen LogP contribution in [-0.4, -0.2) is 22.1 Å². The average molecular weight is 266 g/mol. The van der Waals surface area contributed by atoms with E-state index >= 15 is 0 Å². The number of benzene rings is 1. The molecule has 2 N–H and O–H groups in total. The SMILES string of the molecule is Cl.NC(=O)c1ccc2c(c1)-c1cncn1CCO2. The van der Waals surface area contributed by atoms with E-state index in [1.54, 1.807) is 30.7 Å². The van der Waals surface area contributed by atoms with Crippen molar-refractivity contribution in [1.82, 2.24) is 9.55 Å². The molecule has 0 radical (unpaired) electrons. The molecule has 94 valence electrons. The molecule has 0 saturated heterocycles. The lowest BCUT2D eigenvalue weighted by atomic mass is 10.1. The minimum atomic E-state index is -0.442. The Kier molecular flexibility index (Phi) is 3.25. The highest BCUT2D eigenvalue weighted by atomic mass is 35.5. The predicted molar refractivity (Wildman–Crippen MR) is 68.9 cm³/mol. The largest absolute Gasteiger partial charge is 0.491 e. The highest BCUT2D eigenvalue weighted by molar-refractivity contribution is 5.94. The van der Waals surface area contributed by atoms with E-state index in [0.29, 0.717) is 12.2 Å². The van der Waals surface area contributed by atoms with Crippen molar-refractivity contribution in [2.24, 2.45) is 5.73 Å². The maximum Gasteiger partial charge on any atom is 0.248 e. The second-order valence-electron chi connectivity index (χ2n) is 3.90. The van der Waals surface area contributed by atoms with Crippen LogP contribution >= 0.6 is 12.4 Å². The summed E-state index contributed by atoms with van der Waals surface area (Å²) in [5.74, 6) is 0.317. The number of hydrogen-bond acceptors (Lipinski definition) is 3. The monoisotopic (exact) mass is 265 g/mol. The Labute approximate surface area is 110 Å². The number of ether oxygens (including phenoxy) is 1. The van der Waals surface area contributed by atoms with Gasteiger partial charge in [-0.05, 0) is 18.2 Å². The Morgan fingerprint density at radius 1 is 1.44 bits per heavy atom. The molecule has 0 spiro atoms. The molecule has 0 aliphatic carbocycles. The molecule has 1 aliphatic heterocycles. The minimum absolute atomic E-state index is 0. The minimum Gasteiger partial charge on any atom is -0.491 e. The topological polar surface area (TPSA) is 70.1 Å². The molecular weight excluding hydrogens is 254 g/mol. The van der Waals surface area contributed by atoms with Gasteiger partial charge in [0.15, 0.2) is 0 Å². The number of halogens is 1. The lowest BCUT2D eigenvalue weighted by Crippen LogP contribution is -2.10. The number of hydrogen-bond donors (Lipinski definition) is 1. The highest BCUT2D eigenvalue weighted by Crippen LogP contribution is 2.32. The predicted octanol–water partition coefficient (Wildman–Crippen LogP) is 1.46. The maximum atomic E-state index is 11.2. The molecular formula is C12H12ClN3O2. The van der Waals surface area contributed by atoms with Gasteiger partial charge in [0.25, 0.3) is 0 Å². The second-order valence-corrected chi connectivity index (χ2v) is 3.90. The van der Waals surface area contributed by atoms with Crippen LogP contribution in [0, 0.1) is 0 Å². The van der Waals surface area contributed by atoms with E-state index in [4.69, 9.17) is 10.5 Å². The van der Waals surface area contributed by atoms with Crippen molar-refractivity contribution in [2.75, 3.05) is 6.61 Å². The Hall–Kier alpha value is -2.01. The number of aromatic nitrogens is 2. The summed E-state index contributed by atoms with van der Waals surface area (Å²) in [5.41, 5.74) is 7.56. The fraction of sp³-hybridized carbons (Fsp3) is 0.167. The van der Waals surface area contributed by atoms with Gasteiger partial charge >= 0.3 is 0 Å². The number of nitrogens with two attached hydrogens (primary N) is 1. The van der Waals surface area contributed by atoms with E-state index in [2.05, 4.69) is 4.98 Å². The number of carbonyl (C=O) groups excluding carboxylic acids is 1. The maximum absolute atomic E-state index is 11.2. The van der Waals surface area contributed by atoms with Gasteiger partial charge in [0, 0.05) is 11.1 Å². The van der Waals surface area contributed by atoms with Crippen molar-refractivity contribution in [3.8, 4) is 17.0 Å². The van der Waals surface area contributed by atoms with Crippen LogP contribution in [0.25, 0.3) is 11.3 Å². The molecule has 1 aromatic carbocycles. The van der Waals surface area contributed by atoms with Crippen LogP contribution in [0.15, 0.2) is 30.7 Å². The van der Waals surface area contributed by atoms with Gasteiger partial charge in [0.2, 0.25) is 5.91 Å². The zero-order valence-corrected chi connectivity index (χ0v) is 10.3. The summed E-state index contributed by atoms with van der Waals surface area (Å²) in [7, 11) is 0.